The van der Waals surface area contributed by atoms with Gasteiger partial charge >= 0.3 is 6.03 Å². The van der Waals surface area contributed by atoms with E-state index in [1.54, 1.807) is 35.4 Å². The van der Waals surface area contributed by atoms with Gasteiger partial charge in [-0.15, -0.1) is 0 Å². The fourth-order valence-electron chi connectivity index (χ4n) is 2.70. The number of benzene rings is 1. The number of hydrogen-bond acceptors (Lipinski definition) is 6. The summed E-state index contributed by atoms with van der Waals surface area (Å²) in [5.74, 6) is 1.66. The van der Waals surface area contributed by atoms with Gasteiger partial charge in [-0.1, -0.05) is 35.0 Å². The zero-order valence-electron chi connectivity index (χ0n) is 15.8. The Hall–Kier alpha value is -3.72. The molecule has 0 atom stereocenters. The highest BCUT2D eigenvalue weighted by molar-refractivity contribution is 6.30. The summed E-state index contributed by atoms with van der Waals surface area (Å²) in [5, 5.41) is 10.1. The second-order valence-electron chi connectivity index (χ2n) is 6.38. The minimum absolute atomic E-state index is 0.289. The molecule has 0 saturated heterocycles. The van der Waals surface area contributed by atoms with E-state index in [4.69, 9.17) is 16.1 Å². The predicted molar refractivity (Wildman–Crippen MR) is 110 cm³/mol. The van der Waals surface area contributed by atoms with Gasteiger partial charge in [0, 0.05) is 48.7 Å². The zero-order chi connectivity index (χ0) is 20.8. The molecule has 10 heteroatoms. The summed E-state index contributed by atoms with van der Waals surface area (Å²) >= 11 is 5.98. The van der Waals surface area contributed by atoms with Crippen molar-refractivity contribution >= 4 is 17.6 Å². The van der Waals surface area contributed by atoms with Crippen molar-refractivity contribution in [3.05, 3.63) is 77.8 Å². The van der Waals surface area contributed by atoms with E-state index in [2.05, 4.69) is 30.7 Å². The van der Waals surface area contributed by atoms with Crippen LogP contribution in [0.1, 0.15) is 11.5 Å². The maximum atomic E-state index is 12.0. The molecule has 3 aromatic heterocycles. The summed E-state index contributed by atoms with van der Waals surface area (Å²) in [7, 11) is 0. The molecule has 9 nitrogen and oxygen atoms in total. The monoisotopic (exact) mass is 423 g/mol. The second kappa shape index (κ2) is 9.19. The van der Waals surface area contributed by atoms with Gasteiger partial charge in [0.15, 0.2) is 0 Å². The largest absolute Gasteiger partial charge is 0.339 e. The lowest BCUT2D eigenvalue weighted by Crippen LogP contribution is -2.36. The van der Waals surface area contributed by atoms with Gasteiger partial charge in [-0.25, -0.2) is 14.8 Å². The molecular weight excluding hydrogens is 406 g/mol. The average Bonchev–Trinajstić information content (AvgIpc) is 3.45. The third-order valence-electron chi connectivity index (χ3n) is 4.21. The summed E-state index contributed by atoms with van der Waals surface area (Å²) in [6, 6.07) is 10.7. The lowest BCUT2D eigenvalue weighted by molar-refractivity contribution is 0.240. The third kappa shape index (κ3) is 5.00. The molecule has 152 valence electrons. The molecule has 0 aliphatic rings. The topological polar surface area (TPSA) is 111 Å². The van der Waals surface area contributed by atoms with Crippen LogP contribution >= 0.6 is 11.6 Å². The highest BCUT2D eigenvalue weighted by Gasteiger charge is 2.09. The van der Waals surface area contributed by atoms with Crippen LogP contribution in [-0.2, 0) is 13.0 Å². The summed E-state index contributed by atoms with van der Waals surface area (Å²) in [4.78, 5) is 24.6. The molecule has 0 saturated carbocycles. The summed E-state index contributed by atoms with van der Waals surface area (Å²) < 4.78 is 7.03. The highest BCUT2D eigenvalue weighted by Crippen LogP contribution is 2.19. The Bertz CT molecular complexity index is 1110. The lowest BCUT2D eigenvalue weighted by atomic mass is 10.2. The smallest absolute Gasteiger partial charge is 0.315 e. The number of carbonyl (C=O) groups is 1. The van der Waals surface area contributed by atoms with Crippen LogP contribution in [0.15, 0.2) is 65.8 Å². The minimum Gasteiger partial charge on any atom is -0.339 e. The minimum atomic E-state index is -0.289. The Morgan fingerprint density at radius 1 is 1.20 bits per heavy atom. The second-order valence-corrected chi connectivity index (χ2v) is 6.81. The van der Waals surface area contributed by atoms with Crippen LogP contribution in [0.5, 0.6) is 0 Å². The normalized spacial score (nSPS) is 10.7. The molecule has 0 unspecified atom stereocenters. The van der Waals surface area contributed by atoms with Crippen LogP contribution in [0, 0.1) is 0 Å². The van der Waals surface area contributed by atoms with Gasteiger partial charge in [-0.3, -0.25) is 4.57 Å². The maximum Gasteiger partial charge on any atom is 0.315 e. The number of pyridine rings is 1. The Kier molecular flexibility index (Phi) is 6.00. The van der Waals surface area contributed by atoms with Crippen LogP contribution in [0.25, 0.3) is 17.2 Å². The van der Waals surface area contributed by atoms with E-state index in [0.717, 1.165) is 16.9 Å². The van der Waals surface area contributed by atoms with Crippen LogP contribution in [0.3, 0.4) is 0 Å². The Morgan fingerprint density at radius 2 is 2.13 bits per heavy atom. The van der Waals surface area contributed by atoms with Gasteiger partial charge in [-0.05, 0) is 23.8 Å². The van der Waals surface area contributed by atoms with Crippen molar-refractivity contribution in [3.63, 3.8) is 0 Å². The fourth-order valence-corrected chi connectivity index (χ4v) is 2.89. The molecule has 3 heterocycles. The molecule has 4 rings (SSSR count). The van der Waals surface area contributed by atoms with Crippen molar-refractivity contribution < 1.29 is 9.32 Å². The van der Waals surface area contributed by atoms with Gasteiger partial charge in [0.25, 0.3) is 0 Å². The number of amides is 2. The van der Waals surface area contributed by atoms with E-state index in [-0.39, 0.29) is 6.03 Å². The molecular formula is C20H18ClN7O2. The number of aromatic nitrogens is 5. The number of imidazole rings is 1. The number of urea groups is 1. The first kappa shape index (κ1) is 19.6. The molecule has 4 aromatic rings. The maximum absolute atomic E-state index is 12.0. The van der Waals surface area contributed by atoms with Gasteiger partial charge < -0.3 is 15.2 Å². The highest BCUT2D eigenvalue weighted by atomic mass is 35.5. The third-order valence-corrected chi connectivity index (χ3v) is 4.44. The SMILES string of the molecule is O=C(NCCc1nc(-c2cccc(Cl)c2)no1)NCc1ccc(-n2ccnc2)nc1. The first-order valence-corrected chi connectivity index (χ1v) is 9.59. The number of hydrogen-bond donors (Lipinski definition) is 2. The predicted octanol–water partition coefficient (Wildman–Crippen LogP) is 3.01. The number of nitrogens with one attached hydrogen (secondary N) is 2. The van der Waals surface area contributed by atoms with E-state index >= 15 is 0 Å². The molecule has 30 heavy (non-hydrogen) atoms. The molecule has 0 aliphatic heterocycles. The Labute approximate surface area is 177 Å². The summed E-state index contributed by atoms with van der Waals surface area (Å²) in [5.41, 5.74) is 1.66. The van der Waals surface area contributed by atoms with Crippen molar-refractivity contribution in [1.29, 1.82) is 0 Å². The van der Waals surface area contributed by atoms with Gasteiger partial charge in [0.2, 0.25) is 11.7 Å². The molecule has 1 aromatic carbocycles. The Balaban J connectivity index is 1.21. The Morgan fingerprint density at radius 3 is 2.90 bits per heavy atom. The molecule has 2 N–H and O–H groups in total. The molecule has 2 amide bonds. The first-order valence-electron chi connectivity index (χ1n) is 9.21. The van der Waals surface area contributed by atoms with Crippen LogP contribution in [0.4, 0.5) is 4.79 Å². The van der Waals surface area contributed by atoms with Crippen molar-refractivity contribution in [1.82, 2.24) is 35.3 Å². The molecule has 0 aliphatic carbocycles. The number of nitrogens with zero attached hydrogens (tertiary/aromatic N) is 5. The van der Waals surface area contributed by atoms with E-state index in [0.29, 0.717) is 36.2 Å². The van der Waals surface area contributed by atoms with E-state index in [9.17, 15) is 4.79 Å². The number of carbonyl (C=O) groups excluding carboxylic acids is 1. The first-order chi connectivity index (χ1) is 14.7. The van der Waals surface area contributed by atoms with Crippen molar-refractivity contribution in [2.45, 2.75) is 13.0 Å². The standard InChI is InChI=1S/C20H18ClN7O2/c21-16-3-1-2-15(10-16)19-26-18(30-27-19)6-7-23-20(29)25-12-14-4-5-17(24-11-14)28-9-8-22-13-28/h1-5,8-11,13H,6-7,12H2,(H2,23,25,29). The van der Waals surface area contributed by atoms with E-state index in [1.807, 2.05) is 30.5 Å². The molecule has 0 fully saturated rings. The van der Waals surface area contributed by atoms with Crippen molar-refractivity contribution in [2.24, 2.45) is 0 Å². The summed E-state index contributed by atoms with van der Waals surface area (Å²) in [6.45, 7) is 0.726. The number of halogens is 1. The van der Waals surface area contributed by atoms with Crippen molar-refractivity contribution in [3.8, 4) is 17.2 Å². The molecule has 0 spiro atoms. The molecule has 0 radical (unpaired) electrons. The van der Waals surface area contributed by atoms with E-state index in [1.165, 1.54) is 0 Å². The van der Waals surface area contributed by atoms with E-state index < -0.39 is 0 Å². The van der Waals surface area contributed by atoms with Crippen LogP contribution < -0.4 is 10.6 Å². The number of rotatable bonds is 7. The van der Waals surface area contributed by atoms with Crippen LogP contribution in [-0.4, -0.2) is 37.3 Å². The summed E-state index contributed by atoms with van der Waals surface area (Å²) in [6.07, 6.45) is 7.31. The lowest BCUT2D eigenvalue weighted by Gasteiger charge is -2.07. The van der Waals surface area contributed by atoms with Gasteiger partial charge in [0.05, 0.1) is 0 Å². The quantitative estimate of drug-likeness (QED) is 0.472. The van der Waals surface area contributed by atoms with Gasteiger partial charge in [0.1, 0.15) is 12.1 Å². The van der Waals surface area contributed by atoms with Crippen LogP contribution in [0.2, 0.25) is 5.02 Å². The van der Waals surface area contributed by atoms with Gasteiger partial charge in [-0.2, -0.15) is 4.98 Å². The van der Waals surface area contributed by atoms with Crippen molar-refractivity contribution in [2.75, 3.05) is 6.54 Å². The average molecular weight is 424 g/mol. The zero-order valence-corrected chi connectivity index (χ0v) is 16.6. The molecule has 0 bridgehead atoms. The fraction of sp³-hybridized carbons (Fsp3) is 0.150.